The quantitative estimate of drug-likeness (QED) is 0.378. The Bertz CT molecular complexity index is 1280. The van der Waals surface area contributed by atoms with Gasteiger partial charge in [0.1, 0.15) is 24.0 Å². The standard InChI is InChI=1S/C28H30F2N2O5/c1-15-7-18(36-6-5-28(3,4)35)8-16(2)26(15)21-9-17(22(29)11-23(21)30)14-37-25-13-31-24(12-32-25)19-10-20(19)27(33)34/h7-9,11-13,19-20,35H,5-6,10,14H2,1-4H3,(H,33,34)/t19-,20-/m0/s1. The smallest absolute Gasteiger partial charge is 0.307 e. The van der Waals surface area contributed by atoms with E-state index in [9.17, 15) is 18.7 Å². The average Bonchev–Trinajstić information content (AvgIpc) is 3.60. The summed E-state index contributed by atoms with van der Waals surface area (Å²) < 4.78 is 40.8. The van der Waals surface area contributed by atoms with Crippen LogP contribution in [0.5, 0.6) is 11.6 Å². The van der Waals surface area contributed by atoms with Crippen LogP contribution in [0.25, 0.3) is 11.1 Å². The van der Waals surface area contributed by atoms with Gasteiger partial charge in [0, 0.05) is 29.5 Å². The molecule has 196 valence electrons. The Balaban J connectivity index is 1.49. The van der Waals surface area contributed by atoms with Crippen molar-refractivity contribution in [3.8, 4) is 22.8 Å². The lowest BCUT2D eigenvalue weighted by Gasteiger charge is -2.19. The van der Waals surface area contributed by atoms with E-state index in [0.29, 0.717) is 36.5 Å². The molecule has 1 aromatic heterocycles. The number of hydrogen-bond donors (Lipinski definition) is 2. The Morgan fingerprint density at radius 1 is 1.05 bits per heavy atom. The first-order valence-electron chi connectivity index (χ1n) is 12.0. The van der Waals surface area contributed by atoms with Crippen molar-refractivity contribution in [2.45, 2.75) is 58.7 Å². The lowest BCUT2D eigenvalue weighted by molar-refractivity contribution is -0.138. The molecule has 0 radical (unpaired) electrons. The number of halogens is 2. The van der Waals surface area contributed by atoms with Crippen LogP contribution in [0.15, 0.2) is 36.7 Å². The number of carboxylic acids is 1. The van der Waals surface area contributed by atoms with Crippen LogP contribution in [0.3, 0.4) is 0 Å². The number of carbonyl (C=O) groups is 1. The molecule has 2 atom stereocenters. The molecule has 0 aliphatic heterocycles. The Morgan fingerprint density at radius 2 is 1.76 bits per heavy atom. The summed E-state index contributed by atoms with van der Waals surface area (Å²) in [7, 11) is 0. The summed E-state index contributed by atoms with van der Waals surface area (Å²) in [6, 6.07) is 5.85. The topological polar surface area (TPSA) is 102 Å². The van der Waals surface area contributed by atoms with Crippen molar-refractivity contribution in [1.82, 2.24) is 9.97 Å². The molecule has 0 amide bonds. The fourth-order valence-electron chi connectivity index (χ4n) is 4.29. The number of aliphatic hydroxyl groups is 1. The van der Waals surface area contributed by atoms with Gasteiger partial charge in [-0.3, -0.25) is 9.78 Å². The van der Waals surface area contributed by atoms with Gasteiger partial charge in [0.05, 0.1) is 36.2 Å². The highest BCUT2D eigenvalue weighted by atomic mass is 19.1. The van der Waals surface area contributed by atoms with Crippen LogP contribution in [0, 0.1) is 31.4 Å². The molecule has 7 nitrogen and oxygen atoms in total. The highest BCUT2D eigenvalue weighted by Gasteiger charge is 2.45. The first-order valence-corrected chi connectivity index (χ1v) is 12.0. The van der Waals surface area contributed by atoms with Crippen LogP contribution in [-0.2, 0) is 11.4 Å². The van der Waals surface area contributed by atoms with Crippen LogP contribution < -0.4 is 9.47 Å². The average molecular weight is 513 g/mol. The third-order valence-corrected chi connectivity index (χ3v) is 6.41. The second-order valence-corrected chi connectivity index (χ2v) is 10.1. The second-order valence-electron chi connectivity index (χ2n) is 10.1. The van der Waals surface area contributed by atoms with Crippen LogP contribution in [0.1, 0.15) is 55.0 Å². The van der Waals surface area contributed by atoms with E-state index in [1.165, 1.54) is 18.5 Å². The van der Waals surface area contributed by atoms with Crippen LogP contribution in [-0.4, -0.2) is 38.4 Å². The molecule has 1 aliphatic rings. The van der Waals surface area contributed by atoms with Gasteiger partial charge >= 0.3 is 5.97 Å². The van der Waals surface area contributed by atoms with Gasteiger partial charge in [-0.1, -0.05) is 0 Å². The molecule has 1 fully saturated rings. The number of aryl methyl sites for hydroxylation is 2. The highest BCUT2D eigenvalue weighted by molar-refractivity contribution is 5.75. The Labute approximate surface area is 214 Å². The number of rotatable bonds is 10. The van der Waals surface area contributed by atoms with Crippen molar-refractivity contribution < 1.29 is 33.3 Å². The minimum absolute atomic E-state index is 0.152. The van der Waals surface area contributed by atoms with Gasteiger partial charge in [-0.05, 0) is 69.0 Å². The fraction of sp³-hybridized carbons (Fsp3) is 0.393. The van der Waals surface area contributed by atoms with Gasteiger partial charge in [0.2, 0.25) is 5.88 Å². The maximum Gasteiger partial charge on any atom is 0.307 e. The summed E-state index contributed by atoms with van der Waals surface area (Å²) in [4.78, 5) is 19.4. The highest BCUT2D eigenvalue weighted by Crippen LogP contribution is 2.46. The van der Waals surface area contributed by atoms with E-state index >= 15 is 0 Å². The van der Waals surface area contributed by atoms with Gasteiger partial charge in [-0.15, -0.1) is 0 Å². The molecule has 1 aliphatic carbocycles. The molecule has 1 saturated carbocycles. The van der Waals surface area contributed by atoms with Gasteiger partial charge < -0.3 is 19.7 Å². The van der Waals surface area contributed by atoms with E-state index in [-0.39, 0.29) is 29.5 Å². The van der Waals surface area contributed by atoms with Crippen LogP contribution >= 0.6 is 0 Å². The summed E-state index contributed by atoms with van der Waals surface area (Å²) in [5.41, 5.74) is 2.29. The Kier molecular flexibility index (Phi) is 7.45. The number of nitrogens with zero attached hydrogens (tertiary/aromatic N) is 2. The molecule has 3 aromatic rings. The minimum Gasteiger partial charge on any atom is -0.493 e. The summed E-state index contributed by atoms with van der Waals surface area (Å²) in [5, 5.41) is 18.9. The van der Waals surface area contributed by atoms with Crippen LogP contribution in [0.2, 0.25) is 0 Å². The molecule has 2 N–H and O–H groups in total. The number of ether oxygens (including phenoxy) is 2. The molecule has 37 heavy (non-hydrogen) atoms. The number of aliphatic carboxylic acids is 1. The predicted molar refractivity (Wildman–Crippen MR) is 133 cm³/mol. The number of benzene rings is 2. The van der Waals surface area contributed by atoms with Crippen molar-refractivity contribution in [2.24, 2.45) is 5.92 Å². The summed E-state index contributed by atoms with van der Waals surface area (Å²) in [6.45, 7) is 7.22. The fourth-order valence-corrected chi connectivity index (χ4v) is 4.29. The third-order valence-electron chi connectivity index (χ3n) is 6.41. The molecule has 1 heterocycles. The first-order chi connectivity index (χ1) is 17.4. The van der Waals surface area contributed by atoms with Crippen molar-refractivity contribution >= 4 is 5.97 Å². The molecular weight excluding hydrogens is 482 g/mol. The van der Waals surface area contributed by atoms with Gasteiger partial charge in [0.25, 0.3) is 0 Å². The van der Waals surface area contributed by atoms with Crippen molar-refractivity contribution in [3.05, 3.63) is 70.7 Å². The largest absolute Gasteiger partial charge is 0.493 e. The lowest BCUT2D eigenvalue weighted by Crippen LogP contribution is -2.21. The summed E-state index contributed by atoms with van der Waals surface area (Å²) in [5.74, 6) is -2.11. The van der Waals surface area contributed by atoms with E-state index in [0.717, 1.165) is 17.2 Å². The van der Waals surface area contributed by atoms with Gasteiger partial charge in [-0.2, -0.15) is 0 Å². The molecule has 4 rings (SSSR count). The lowest BCUT2D eigenvalue weighted by atomic mass is 9.93. The molecule has 0 unspecified atom stereocenters. The minimum atomic E-state index is -0.854. The Morgan fingerprint density at radius 3 is 2.32 bits per heavy atom. The molecule has 0 spiro atoms. The Hall–Kier alpha value is -3.59. The zero-order valence-electron chi connectivity index (χ0n) is 21.2. The molecule has 2 aromatic carbocycles. The van der Waals surface area contributed by atoms with E-state index in [1.54, 1.807) is 26.0 Å². The van der Waals surface area contributed by atoms with Crippen molar-refractivity contribution in [1.29, 1.82) is 0 Å². The zero-order valence-corrected chi connectivity index (χ0v) is 21.2. The van der Waals surface area contributed by atoms with Gasteiger partial charge in [0.15, 0.2) is 0 Å². The maximum absolute atomic E-state index is 14.9. The molecule has 0 bridgehead atoms. The van der Waals surface area contributed by atoms with E-state index < -0.39 is 29.1 Å². The third kappa shape index (κ3) is 6.40. The van der Waals surface area contributed by atoms with Crippen molar-refractivity contribution in [2.75, 3.05) is 6.61 Å². The zero-order chi connectivity index (χ0) is 26.9. The number of hydrogen-bond acceptors (Lipinski definition) is 6. The number of carboxylic acid groups (broad SMARTS) is 1. The number of aromatic nitrogens is 2. The van der Waals surface area contributed by atoms with Gasteiger partial charge in [-0.25, -0.2) is 13.8 Å². The monoisotopic (exact) mass is 512 g/mol. The molecule has 9 heteroatoms. The van der Waals surface area contributed by atoms with Crippen LogP contribution in [0.4, 0.5) is 8.78 Å². The first kappa shape index (κ1) is 26.5. The molecular formula is C28H30F2N2O5. The second kappa shape index (κ2) is 10.4. The van der Waals surface area contributed by atoms with E-state index in [4.69, 9.17) is 14.6 Å². The summed E-state index contributed by atoms with van der Waals surface area (Å²) in [6.07, 6.45) is 3.83. The normalized spacial score (nSPS) is 16.9. The van der Waals surface area contributed by atoms with E-state index in [2.05, 4.69) is 9.97 Å². The molecule has 0 saturated heterocycles. The SMILES string of the molecule is Cc1cc(OCCC(C)(C)O)cc(C)c1-c1cc(COc2cnc([C@H]3C[C@@H]3C(=O)O)cn2)c(F)cc1F. The summed E-state index contributed by atoms with van der Waals surface area (Å²) >= 11 is 0. The van der Waals surface area contributed by atoms with E-state index in [1.807, 2.05) is 13.8 Å². The van der Waals surface area contributed by atoms with Crippen molar-refractivity contribution in [3.63, 3.8) is 0 Å². The maximum atomic E-state index is 14.9. The predicted octanol–water partition coefficient (Wildman–Crippen LogP) is 5.35.